The van der Waals surface area contributed by atoms with Crippen LogP contribution in [-0.4, -0.2) is 15.5 Å². The topological polar surface area (TPSA) is 55.4 Å². The van der Waals surface area contributed by atoms with Gasteiger partial charge in [0.1, 0.15) is 11.6 Å². The molecule has 4 nitrogen and oxygen atoms in total. The molecule has 112 valence electrons. The highest BCUT2D eigenvalue weighted by Gasteiger charge is 2.15. The van der Waals surface area contributed by atoms with Crippen molar-refractivity contribution in [1.29, 1.82) is 0 Å². The summed E-state index contributed by atoms with van der Waals surface area (Å²) in [5, 5.41) is 0. The Hall–Kier alpha value is -1.44. The van der Waals surface area contributed by atoms with E-state index in [4.69, 9.17) is 4.74 Å². The summed E-state index contributed by atoms with van der Waals surface area (Å²) in [6.45, 7) is 0.0945. The quantitative estimate of drug-likeness (QED) is 0.875. The van der Waals surface area contributed by atoms with Gasteiger partial charge in [-0.3, -0.25) is 0 Å². The van der Waals surface area contributed by atoms with E-state index in [-0.39, 0.29) is 15.9 Å². The predicted molar refractivity (Wildman–Crippen MR) is 81.1 cm³/mol. The van der Waals surface area contributed by atoms with Gasteiger partial charge >= 0.3 is 0 Å². The molecule has 0 heterocycles. The molecule has 0 amide bonds. The maximum atomic E-state index is 13.4. The minimum Gasteiger partial charge on any atom is -0.497 e. The molecule has 0 spiro atoms. The van der Waals surface area contributed by atoms with E-state index in [2.05, 4.69) is 20.7 Å². The van der Waals surface area contributed by atoms with Crippen LogP contribution >= 0.6 is 15.9 Å². The zero-order valence-corrected chi connectivity index (χ0v) is 13.5. The summed E-state index contributed by atoms with van der Waals surface area (Å²) in [4.78, 5) is -0.119. The molecule has 0 radical (unpaired) electrons. The summed E-state index contributed by atoms with van der Waals surface area (Å²) >= 11 is 2.98. The van der Waals surface area contributed by atoms with Crippen LogP contribution in [0.5, 0.6) is 5.75 Å². The minimum absolute atomic E-state index is 0.0945. The summed E-state index contributed by atoms with van der Waals surface area (Å²) in [6.07, 6.45) is 0. The van der Waals surface area contributed by atoms with Crippen LogP contribution in [-0.2, 0) is 16.6 Å². The van der Waals surface area contributed by atoms with Crippen LogP contribution in [0.3, 0.4) is 0 Å². The summed E-state index contributed by atoms with van der Waals surface area (Å²) in [5.41, 5.74) is 0.746. The van der Waals surface area contributed by atoms with Crippen LogP contribution < -0.4 is 9.46 Å². The van der Waals surface area contributed by atoms with Crippen LogP contribution in [0.2, 0.25) is 0 Å². The summed E-state index contributed by atoms with van der Waals surface area (Å²) < 4.78 is 45.3. The van der Waals surface area contributed by atoms with Gasteiger partial charge in [0.05, 0.1) is 16.5 Å². The lowest BCUT2D eigenvalue weighted by atomic mass is 10.2. The normalized spacial score (nSPS) is 11.4. The molecule has 1 N–H and O–H groups in total. The van der Waals surface area contributed by atoms with Gasteiger partial charge in [-0.1, -0.05) is 12.1 Å². The first kappa shape index (κ1) is 15.9. The molecule has 0 unspecified atom stereocenters. The van der Waals surface area contributed by atoms with E-state index in [9.17, 15) is 12.8 Å². The van der Waals surface area contributed by atoms with Crippen molar-refractivity contribution >= 4 is 26.0 Å². The molecule has 0 saturated heterocycles. The molecular formula is C14H13BrFNO3S. The molecule has 0 fully saturated rings. The molecule has 0 aliphatic rings. The van der Waals surface area contributed by atoms with Gasteiger partial charge in [-0.2, -0.15) is 0 Å². The molecule has 0 saturated carbocycles. The second-order valence-electron chi connectivity index (χ2n) is 4.25. The van der Waals surface area contributed by atoms with E-state index in [1.165, 1.54) is 19.2 Å². The first-order valence-corrected chi connectivity index (χ1v) is 8.27. The van der Waals surface area contributed by atoms with Crippen LogP contribution in [0.25, 0.3) is 0 Å². The number of halogens is 2. The van der Waals surface area contributed by atoms with Crippen LogP contribution in [0.4, 0.5) is 4.39 Å². The fourth-order valence-electron chi connectivity index (χ4n) is 1.69. The maximum Gasteiger partial charge on any atom is 0.240 e. The molecule has 2 rings (SSSR count). The van der Waals surface area contributed by atoms with Gasteiger partial charge in [-0.05, 0) is 51.8 Å². The van der Waals surface area contributed by atoms with E-state index >= 15 is 0 Å². The third-order valence-electron chi connectivity index (χ3n) is 2.80. The zero-order valence-electron chi connectivity index (χ0n) is 11.1. The van der Waals surface area contributed by atoms with Gasteiger partial charge in [0, 0.05) is 6.54 Å². The lowest BCUT2D eigenvalue weighted by molar-refractivity contribution is 0.414. The van der Waals surface area contributed by atoms with Crippen molar-refractivity contribution in [2.45, 2.75) is 11.4 Å². The monoisotopic (exact) mass is 373 g/mol. The van der Waals surface area contributed by atoms with Gasteiger partial charge in [0.25, 0.3) is 0 Å². The van der Waals surface area contributed by atoms with Crippen LogP contribution in [0.1, 0.15) is 5.56 Å². The SMILES string of the molecule is COc1cccc(CNS(=O)(=O)c2ccc(Br)c(F)c2)c1. The highest BCUT2D eigenvalue weighted by atomic mass is 79.9. The number of sulfonamides is 1. The summed E-state index contributed by atoms with van der Waals surface area (Å²) in [6, 6.07) is 10.7. The van der Waals surface area contributed by atoms with Crippen molar-refractivity contribution in [1.82, 2.24) is 4.72 Å². The smallest absolute Gasteiger partial charge is 0.240 e. The number of hydrogen-bond acceptors (Lipinski definition) is 3. The Kier molecular flexibility index (Phi) is 4.97. The van der Waals surface area contributed by atoms with Crippen LogP contribution in [0.15, 0.2) is 51.8 Å². The van der Waals surface area contributed by atoms with Gasteiger partial charge in [-0.25, -0.2) is 17.5 Å². The Morgan fingerprint density at radius 1 is 1.24 bits per heavy atom. The number of methoxy groups -OCH3 is 1. The Morgan fingerprint density at radius 3 is 2.67 bits per heavy atom. The Balaban J connectivity index is 2.15. The van der Waals surface area contributed by atoms with E-state index in [0.29, 0.717) is 5.75 Å². The van der Waals surface area contributed by atoms with Gasteiger partial charge in [0.15, 0.2) is 0 Å². The number of ether oxygens (including phenoxy) is 1. The van der Waals surface area contributed by atoms with Crippen molar-refractivity contribution in [2.75, 3.05) is 7.11 Å². The zero-order chi connectivity index (χ0) is 15.5. The maximum absolute atomic E-state index is 13.4. The average molecular weight is 374 g/mol. The first-order chi connectivity index (χ1) is 9.92. The van der Waals surface area contributed by atoms with E-state index in [0.717, 1.165) is 11.6 Å². The lowest BCUT2D eigenvalue weighted by Gasteiger charge is -2.08. The molecule has 7 heteroatoms. The second-order valence-corrected chi connectivity index (χ2v) is 6.87. The average Bonchev–Trinajstić information content (AvgIpc) is 2.48. The van der Waals surface area contributed by atoms with Crippen LogP contribution in [0, 0.1) is 5.82 Å². The van der Waals surface area contributed by atoms with E-state index in [1.807, 2.05) is 0 Å². The molecule has 2 aromatic rings. The lowest BCUT2D eigenvalue weighted by Crippen LogP contribution is -2.23. The van der Waals surface area contributed by atoms with Crippen molar-refractivity contribution in [3.05, 3.63) is 58.3 Å². The largest absolute Gasteiger partial charge is 0.497 e. The Bertz CT molecular complexity index is 750. The molecule has 2 aromatic carbocycles. The van der Waals surface area contributed by atoms with E-state index in [1.54, 1.807) is 24.3 Å². The van der Waals surface area contributed by atoms with Crippen molar-refractivity contribution in [3.63, 3.8) is 0 Å². The number of nitrogens with one attached hydrogen (secondary N) is 1. The van der Waals surface area contributed by atoms with Crippen molar-refractivity contribution in [3.8, 4) is 5.75 Å². The molecule has 0 aliphatic carbocycles. The minimum atomic E-state index is -3.77. The fourth-order valence-corrected chi connectivity index (χ4v) is 2.96. The summed E-state index contributed by atoms with van der Waals surface area (Å²) in [7, 11) is -2.23. The molecule has 0 bridgehead atoms. The Labute approximate surface area is 131 Å². The highest BCUT2D eigenvalue weighted by Crippen LogP contribution is 2.19. The highest BCUT2D eigenvalue weighted by molar-refractivity contribution is 9.10. The molecule has 0 atom stereocenters. The van der Waals surface area contributed by atoms with Crippen molar-refractivity contribution in [2.24, 2.45) is 0 Å². The summed E-state index contributed by atoms with van der Waals surface area (Å²) in [5.74, 6) is 0.0145. The first-order valence-electron chi connectivity index (χ1n) is 6.00. The molecular weight excluding hydrogens is 361 g/mol. The second kappa shape index (κ2) is 6.55. The third-order valence-corrected chi connectivity index (χ3v) is 4.84. The van der Waals surface area contributed by atoms with Gasteiger partial charge in [0.2, 0.25) is 10.0 Å². The standard InChI is InChI=1S/C14H13BrFNO3S/c1-20-11-4-2-3-10(7-11)9-17-21(18,19)12-5-6-13(15)14(16)8-12/h2-8,17H,9H2,1H3. The van der Waals surface area contributed by atoms with Gasteiger partial charge in [-0.15, -0.1) is 0 Å². The molecule has 0 aromatic heterocycles. The van der Waals surface area contributed by atoms with Crippen molar-refractivity contribution < 1.29 is 17.5 Å². The van der Waals surface area contributed by atoms with E-state index < -0.39 is 15.8 Å². The number of benzene rings is 2. The third kappa shape index (κ3) is 4.03. The fraction of sp³-hybridized carbons (Fsp3) is 0.143. The van der Waals surface area contributed by atoms with Gasteiger partial charge < -0.3 is 4.74 Å². The number of hydrogen-bond donors (Lipinski definition) is 1. The Morgan fingerprint density at radius 2 is 2.00 bits per heavy atom. The number of rotatable bonds is 5. The molecule has 0 aliphatic heterocycles. The molecule has 21 heavy (non-hydrogen) atoms. The predicted octanol–water partition coefficient (Wildman–Crippen LogP) is 3.08.